The van der Waals surface area contributed by atoms with Gasteiger partial charge in [0, 0.05) is 6.54 Å². The van der Waals surface area contributed by atoms with Crippen molar-refractivity contribution < 1.29 is 14.7 Å². The number of anilines is 1. The van der Waals surface area contributed by atoms with Crippen LogP contribution in [0.4, 0.5) is 10.5 Å². The molecule has 0 unspecified atom stereocenters. The smallest absolute Gasteiger partial charge is 0.319 e. The van der Waals surface area contributed by atoms with Crippen LogP contribution >= 0.6 is 23.2 Å². The van der Waals surface area contributed by atoms with Crippen molar-refractivity contribution in [3.05, 3.63) is 28.2 Å². The minimum Gasteiger partial charge on any atom is -0.481 e. The van der Waals surface area contributed by atoms with Gasteiger partial charge < -0.3 is 15.7 Å². The van der Waals surface area contributed by atoms with Gasteiger partial charge in [0.25, 0.3) is 0 Å². The number of nitrogens with one attached hydrogen (secondary N) is 2. The van der Waals surface area contributed by atoms with E-state index in [1.807, 2.05) is 0 Å². The molecule has 108 valence electrons. The predicted molar refractivity (Wildman–Crippen MR) is 77.4 cm³/mol. The molecule has 0 radical (unpaired) electrons. The zero-order valence-electron chi connectivity index (χ0n) is 10.6. The summed E-state index contributed by atoms with van der Waals surface area (Å²) >= 11 is 11.9. The molecule has 0 saturated heterocycles. The van der Waals surface area contributed by atoms with E-state index in [1.165, 1.54) is 0 Å². The van der Waals surface area contributed by atoms with E-state index in [0.717, 1.165) is 6.42 Å². The quantitative estimate of drug-likeness (QED) is 0.796. The number of aliphatic carboxylic acids is 1. The Balaban J connectivity index is 1.95. The van der Waals surface area contributed by atoms with Crippen molar-refractivity contribution in [2.75, 3.05) is 11.9 Å². The Kier molecular flexibility index (Phi) is 4.40. The number of amides is 2. The number of benzene rings is 1. The number of halogens is 2. The average Bonchev–Trinajstić information content (AvgIpc) is 2.32. The van der Waals surface area contributed by atoms with E-state index in [0.29, 0.717) is 28.6 Å². The Morgan fingerprint density at radius 1 is 1.25 bits per heavy atom. The molecule has 1 fully saturated rings. The van der Waals surface area contributed by atoms with Crippen LogP contribution in [0.15, 0.2) is 18.2 Å². The Morgan fingerprint density at radius 3 is 2.30 bits per heavy atom. The minimum absolute atomic E-state index is 0.0935. The summed E-state index contributed by atoms with van der Waals surface area (Å²) in [5.74, 6) is -0.875. The summed E-state index contributed by atoms with van der Waals surface area (Å²) < 4.78 is 0. The van der Waals surface area contributed by atoms with Crippen LogP contribution in [-0.2, 0) is 4.79 Å². The third kappa shape index (κ3) is 2.99. The summed E-state index contributed by atoms with van der Waals surface area (Å²) in [6, 6.07) is 4.36. The van der Waals surface area contributed by atoms with Crippen molar-refractivity contribution in [2.24, 2.45) is 5.41 Å². The van der Waals surface area contributed by atoms with E-state index in [1.54, 1.807) is 18.2 Å². The molecule has 1 aromatic carbocycles. The van der Waals surface area contributed by atoms with E-state index in [-0.39, 0.29) is 6.54 Å². The van der Waals surface area contributed by atoms with Crippen molar-refractivity contribution in [1.82, 2.24) is 5.32 Å². The summed E-state index contributed by atoms with van der Waals surface area (Å²) in [5, 5.41) is 14.9. The third-order valence-electron chi connectivity index (χ3n) is 3.55. The fourth-order valence-corrected chi connectivity index (χ4v) is 2.59. The van der Waals surface area contributed by atoms with E-state index in [4.69, 9.17) is 28.3 Å². The van der Waals surface area contributed by atoms with Gasteiger partial charge in [0.05, 0.1) is 21.1 Å². The van der Waals surface area contributed by atoms with Crippen molar-refractivity contribution in [3.8, 4) is 0 Å². The Hall–Kier alpha value is -1.46. The molecule has 2 rings (SSSR count). The predicted octanol–water partition coefficient (Wildman–Crippen LogP) is 3.37. The molecular formula is C13H14Cl2N2O3. The van der Waals surface area contributed by atoms with Crippen LogP contribution in [-0.4, -0.2) is 23.7 Å². The Labute approximate surface area is 126 Å². The maximum absolute atomic E-state index is 11.8. The first-order valence-corrected chi connectivity index (χ1v) is 6.92. The first-order valence-electron chi connectivity index (χ1n) is 6.17. The second-order valence-corrected chi connectivity index (χ2v) is 5.66. The summed E-state index contributed by atoms with van der Waals surface area (Å²) in [6.07, 6.45) is 2.02. The second kappa shape index (κ2) is 5.89. The van der Waals surface area contributed by atoms with Gasteiger partial charge in [-0.05, 0) is 25.0 Å². The van der Waals surface area contributed by atoms with E-state index in [2.05, 4.69) is 10.6 Å². The first kappa shape index (κ1) is 14.9. The zero-order chi connectivity index (χ0) is 14.8. The van der Waals surface area contributed by atoms with Crippen LogP contribution in [0.3, 0.4) is 0 Å². The lowest BCUT2D eigenvalue weighted by atomic mass is 9.69. The fourth-order valence-electron chi connectivity index (χ4n) is 2.09. The number of carboxylic acids is 1. The minimum atomic E-state index is -0.875. The van der Waals surface area contributed by atoms with Gasteiger partial charge in [-0.15, -0.1) is 0 Å². The molecule has 2 amide bonds. The molecule has 1 aliphatic rings. The molecule has 1 aromatic rings. The fraction of sp³-hybridized carbons (Fsp3) is 0.385. The molecule has 0 aliphatic heterocycles. The van der Waals surface area contributed by atoms with Gasteiger partial charge in [-0.3, -0.25) is 4.79 Å². The first-order chi connectivity index (χ1) is 9.44. The highest BCUT2D eigenvalue weighted by molar-refractivity contribution is 6.39. The number of para-hydroxylation sites is 1. The molecule has 7 heteroatoms. The van der Waals surface area contributed by atoms with Gasteiger partial charge in [-0.25, -0.2) is 4.79 Å². The molecule has 3 N–H and O–H groups in total. The Bertz CT molecular complexity index is 524. The van der Waals surface area contributed by atoms with Crippen molar-refractivity contribution in [2.45, 2.75) is 19.3 Å². The van der Waals surface area contributed by atoms with E-state index in [9.17, 15) is 9.59 Å². The topological polar surface area (TPSA) is 78.4 Å². The molecule has 0 atom stereocenters. The molecule has 1 saturated carbocycles. The van der Waals surface area contributed by atoms with Crippen molar-refractivity contribution in [3.63, 3.8) is 0 Å². The van der Waals surface area contributed by atoms with Gasteiger partial charge >= 0.3 is 12.0 Å². The second-order valence-electron chi connectivity index (χ2n) is 4.84. The molecule has 0 bridgehead atoms. The molecule has 0 heterocycles. The van der Waals surface area contributed by atoms with Crippen molar-refractivity contribution >= 4 is 40.9 Å². The largest absolute Gasteiger partial charge is 0.481 e. The van der Waals surface area contributed by atoms with Crippen molar-refractivity contribution in [1.29, 1.82) is 0 Å². The molecular weight excluding hydrogens is 303 g/mol. The van der Waals surface area contributed by atoms with Crippen LogP contribution in [0, 0.1) is 5.41 Å². The summed E-state index contributed by atoms with van der Waals surface area (Å²) in [7, 11) is 0. The normalized spacial score (nSPS) is 16.1. The van der Waals surface area contributed by atoms with E-state index >= 15 is 0 Å². The lowest BCUT2D eigenvalue weighted by molar-refractivity contribution is -0.153. The van der Waals surface area contributed by atoms with Crippen LogP contribution in [0.25, 0.3) is 0 Å². The molecule has 5 nitrogen and oxygen atoms in total. The SMILES string of the molecule is O=C(NCC1(C(=O)O)CCC1)Nc1c(Cl)cccc1Cl. The van der Waals surface area contributed by atoms with Crippen LogP contribution in [0.2, 0.25) is 10.0 Å². The number of carboxylic acid groups (broad SMARTS) is 1. The van der Waals surface area contributed by atoms with Gasteiger partial charge in [-0.1, -0.05) is 35.7 Å². The third-order valence-corrected chi connectivity index (χ3v) is 4.18. The van der Waals surface area contributed by atoms with Gasteiger partial charge in [0.15, 0.2) is 0 Å². The zero-order valence-corrected chi connectivity index (χ0v) is 12.1. The van der Waals surface area contributed by atoms with Crippen LogP contribution in [0.5, 0.6) is 0 Å². The Morgan fingerprint density at radius 2 is 1.85 bits per heavy atom. The van der Waals surface area contributed by atoms with Gasteiger partial charge in [0.2, 0.25) is 0 Å². The highest BCUT2D eigenvalue weighted by Gasteiger charge is 2.44. The van der Waals surface area contributed by atoms with Crippen LogP contribution in [0.1, 0.15) is 19.3 Å². The lowest BCUT2D eigenvalue weighted by Gasteiger charge is -2.37. The number of urea groups is 1. The highest BCUT2D eigenvalue weighted by Crippen LogP contribution is 2.40. The monoisotopic (exact) mass is 316 g/mol. The summed E-state index contributed by atoms with van der Waals surface area (Å²) in [5.41, 5.74) is -0.520. The molecule has 1 aliphatic carbocycles. The number of hydrogen-bond acceptors (Lipinski definition) is 2. The molecule has 20 heavy (non-hydrogen) atoms. The maximum Gasteiger partial charge on any atom is 0.319 e. The lowest BCUT2D eigenvalue weighted by Crippen LogP contribution is -2.48. The molecule has 0 aromatic heterocycles. The van der Waals surface area contributed by atoms with E-state index < -0.39 is 17.4 Å². The number of carbonyl (C=O) groups is 2. The van der Waals surface area contributed by atoms with Gasteiger partial charge in [0.1, 0.15) is 0 Å². The maximum atomic E-state index is 11.8. The average molecular weight is 317 g/mol. The highest BCUT2D eigenvalue weighted by atomic mass is 35.5. The summed E-state index contributed by atoms with van der Waals surface area (Å²) in [4.78, 5) is 23.0. The standard InChI is InChI=1S/C13H14Cl2N2O3/c14-8-3-1-4-9(15)10(8)17-12(20)16-7-13(11(18)19)5-2-6-13/h1,3-4H,2,5-7H2,(H,18,19)(H2,16,17,20). The summed E-state index contributed by atoms with van der Waals surface area (Å²) in [6.45, 7) is 0.0935. The molecule has 0 spiro atoms. The number of hydrogen-bond donors (Lipinski definition) is 3. The number of carbonyl (C=O) groups excluding carboxylic acids is 1. The van der Waals surface area contributed by atoms with Gasteiger partial charge in [-0.2, -0.15) is 0 Å². The number of rotatable bonds is 4. The van der Waals surface area contributed by atoms with Crippen LogP contribution < -0.4 is 10.6 Å².